The second-order valence-electron chi connectivity index (χ2n) is 5.88. The van der Waals surface area contributed by atoms with E-state index in [0.717, 1.165) is 10.3 Å². The lowest BCUT2D eigenvalue weighted by Crippen LogP contribution is -2.40. The number of rotatable bonds is 4. The first-order chi connectivity index (χ1) is 13.1. The van der Waals surface area contributed by atoms with Crippen LogP contribution in [-0.4, -0.2) is 24.1 Å². The maximum Gasteiger partial charge on any atom is 0.320 e. The zero-order valence-electron chi connectivity index (χ0n) is 14.1. The van der Waals surface area contributed by atoms with Gasteiger partial charge in [0.25, 0.3) is 0 Å². The zero-order chi connectivity index (χ0) is 18.8. The number of hydrogen-bond acceptors (Lipinski definition) is 4. The van der Waals surface area contributed by atoms with Crippen molar-refractivity contribution < 1.29 is 4.39 Å². The van der Waals surface area contributed by atoms with E-state index in [2.05, 4.69) is 10.3 Å². The summed E-state index contributed by atoms with van der Waals surface area (Å²) in [6, 6.07) is 14.9. The highest BCUT2D eigenvalue weighted by Crippen LogP contribution is 2.08. The van der Waals surface area contributed by atoms with E-state index >= 15 is 0 Å². The van der Waals surface area contributed by atoms with Gasteiger partial charge >= 0.3 is 11.1 Å². The van der Waals surface area contributed by atoms with Crippen LogP contribution in [0, 0.1) is 5.82 Å². The van der Waals surface area contributed by atoms with Crippen LogP contribution >= 0.6 is 0 Å². The van der Waals surface area contributed by atoms with Crippen LogP contribution in [0.1, 0.15) is 5.69 Å². The third-order valence-corrected chi connectivity index (χ3v) is 4.04. The molecule has 4 aromatic rings. The molecule has 0 aliphatic heterocycles. The molecule has 4 rings (SSSR count). The number of halogens is 1. The summed E-state index contributed by atoms with van der Waals surface area (Å²) in [5.74, 6) is -0.485. The molecular formula is C19H14FN5O2. The van der Waals surface area contributed by atoms with E-state index < -0.39 is 16.9 Å². The molecule has 7 nitrogen and oxygen atoms in total. The van der Waals surface area contributed by atoms with Crippen LogP contribution in [0.5, 0.6) is 0 Å². The first-order valence-electron chi connectivity index (χ1n) is 8.16. The van der Waals surface area contributed by atoms with Crippen molar-refractivity contribution in [3.8, 4) is 11.4 Å². The summed E-state index contributed by atoms with van der Waals surface area (Å²) in [5, 5.41) is 8.08. The minimum Gasteiger partial charge on any atom is -0.303 e. The van der Waals surface area contributed by atoms with Crippen LogP contribution in [0.25, 0.3) is 11.4 Å². The van der Waals surface area contributed by atoms with Crippen LogP contribution in [0.3, 0.4) is 0 Å². The minimum atomic E-state index is -0.765. The SMILES string of the molecule is O=c1c(=O)n(-c2cccc(F)c2)ccn1Cc1cn(-c2ccccc2)nn1. The van der Waals surface area contributed by atoms with Gasteiger partial charge < -0.3 is 4.57 Å². The van der Waals surface area contributed by atoms with Crippen molar-refractivity contribution in [2.45, 2.75) is 6.54 Å². The Morgan fingerprint density at radius 3 is 2.44 bits per heavy atom. The third-order valence-electron chi connectivity index (χ3n) is 4.04. The summed E-state index contributed by atoms with van der Waals surface area (Å²) >= 11 is 0. The minimum absolute atomic E-state index is 0.102. The van der Waals surface area contributed by atoms with Crippen molar-refractivity contribution in [2.75, 3.05) is 0 Å². The van der Waals surface area contributed by atoms with Crippen molar-refractivity contribution in [3.63, 3.8) is 0 Å². The second-order valence-corrected chi connectivity index (χ2v) is 5.88. The summed E-state index contributed by atoms with van der Waals surface area (Å²) in [7, 11) is 0. The number of benzene rings is 2. The van der Waals surface area contributed by atoms with E-state index in [0.29, 0.717) is 11.4 Å². The molecule has 2 heterocycles. The Hall–Kier alpha value is -3.81. The van der Waals surface area contributed by atoms with Gasteiger partial charge in [0.2, 0.25) is 0 Å². The quantitative estimate of drug-likeness (QED) is 0.518. The highest BCUT2D eigenvalue weighted by atomic mass is 19.1. The highest BCUT2D eigenvalue weighted by Gasteiger charge is 2.10. The van der Waals surface area contributed by atoms with E-state index in [-0.39, 0.29) is 6.54 Å². The Labute approximate surface area is 152 Å². The molecule has 27 heavy (non-hydrogen) atoms. The number of hydrogen-bond donors (Lipinski definition) is 0. The lowest BCUT2D eigenvalue weighted by molar-refractivity contribution is 0.625. The Kier molecular flexibility index (Phi) is 4.21. The fourth-order valence-electron chi connectivity index (χ4n) is 2.71. The van der Waals surface area contributed by atoms with Crippen molar-refractivity contribution >= 4 is 0 Å². The van der Waals surface area contributed by atoms with E-state index in [9.17, 15) is 14.0 Å². The molecule has 0 radical (unpaired) electrons. The van der Waals surface area contributed by atoms with Gasteiger partial charge in [-0.3, -0.25) is 14.2 Å². The van der Waals surface area contributed by atoms with Crippen LogP contribution < -0.4 is 11.1 Å². The summed E-state index contributed by atoms with van der Waals surface area (Å²) in [6.45, 7) is 0.102. The molecule has 0 N–H and O–H groups in total. The van der Waals surface area contributed by atoms with Crippen molar-refractivity contribution in [1.29, 1.82) is 0 Å². The molecule has 0 saturated heterocycles. The van der Waals surface area contributed by atoms with Gasteiger partial charge in [-0.15, -0.1) is 5.10 Å². The molecule has 0 amide bonds. The van der Waals surface area contributed by atoms with Gasteiger partial charge in [0, 0.05) is 12.4 Å². The van der Waals surface area contributed by atoms with E-state index in [1.165, 1.54) is 35.2 Å². The monoisotopic (exact) mass is 363 g/mol. The molecular weight excluding hydrogens is 349 g/mol. The van der Waals surface area contributed by atoms with Gasteiger partial charge in [-0.25, -0.2) is 9.07 Å². The molecule has 0 aliphatic carbocycles. The summed E-state index contributed by atoms with van der Waals surface area (Å²) in [6.07, 6.45) is 4.59. The second kappa shape index (κ2) is 6.83. The predicted octanol–water partition coefficient (Wildman–Crippen LogP) is 1.77. The van der Waals surface area contributed by atoms with Gasteiger partial charge in [0.1, 0.15) is 11.5 Å². The van der Waals surface area contributed by atoms with Gasteiger partial charge in [-0.2, -0.15) is 0 Å². The zero-order valence-corrected chi connectivity index (χ0v) is 14.1. The van der Waals surface area contributed by atoms with Crippen LogP contribution in [0.2, 0.25) is 0 Å². The van der Waals surface area contributed by atoms with Crippen LogP contribution in [0.15, 0.2) is 82.8 Å². The Balaban J connectivity index is 1.64. The van der Waals surface area contributed by atoms with Crippen molar-refractivity contribution in [3.05, 3.63) is 105 Å². The number of nitrogens with zero attached hydrogens (tertiary/aromatic N) is 5. The lowest BCUT2D eigenvalue weighted by atomic mass is 10.3. The third kappa shape index (κ3) is 3.32. The topological polar surface area (TPSA) is 74.7 Å². The van der Waals surface area contributed by atoms with Gasteiger partial charge in [-0.05, 0) is 30.3 Å². The average Bonchev–Trinajstić information content (AvgIpc) is 3.15. The normalized spacial score (nSPS) is 10.9. The fourth-order valence-corrected chi connectivity index (χ4v) is 2.71. The Morgan fingerprint density at radius 2 is 1.67 bits per heavy atom. The number of para-hydroxylation sites is 1. The van der Waals surface area contributed by atoms with Gasteiger partial charge in [0.15, 0.2) is 0 Å². The van der Waals surface area contributed by atoms with E-state index in [4.69, 9.17) is 0 Å². The maximum absolute atomic E-state index is 13.4. The molecule has 0 fully saturated rings. The largest absolute Gasteiger partial charge is 0.320 e. The molecule has 0 bridgehead atoms. The summed E-state index contributed by atoms with van der Waals surface area (Å²) in [5.41, 5.74) is 0.169. The molecule has 134 valence electrons. The smallest absolute Gasteiger partial charge is 0.303 e. The molecule has 2 aromatic heterocycles. The van der Waals surface area contributed by atoms with Crippen LogP contribution in [-0.2, 0) is 6.54 Å². The van der Waals surface area contributed by atoms with E-state index in [1.54, 1.807) is 16.9 Å². The molecule has 2 aromatic carbocycles. The molecule has 0 aliphatic rings. The highest BCUT2D eigenvalue weighted by molar-refractivity contribution is 5.32. The molecule has 0 spiro atoms. The maximum atomic E-state index is 13.4. The average molecular weight is 363 g/mol. The van der Waals surface area contributed by atoms with Crippen molar-refractivity contribution in [2.24, 2.45) is 0 Å². The summed E-state index contributed by atoms with van der Waals surface area (Å²) in [4.78, 5) is 24.8. The molecule has 8 heteroatoms. The summed E-state index contributed by atoms with van der Waals surface area (Å²) < 4.78 is 17.3. The fraction of sp³-hybridized carbons (Fsp3) is 0.0526. The number of aromatic nitrogens is 5. The Morgan fingerprint density at radius 1 is 0.889 bits per heavy atom. The van der Waals surface area contributed by atoms with E-state index in [1.807, 2.05) is 30.3 Å². The standard InChI is InChI=1S/C19H14FN5O2/c20-14-5-4-8-17(11-14)24-10-9-23(18(26)19(24)27)12-15-13-25(22-21-15)16-6-2-1-3-7-16/h1-11,13H,12H2. The molecule has 0 unspecified atom stereocenters. The Bertz CT molecular complexity index is 1210. The lowest BCUT2D eigenvalue weighted by Gasteiger charge is -2.08. The van der Waals surface area contributed by atoms with Crippen molar-refractivity contribution in [1.82, 2.24) is 24.1 Å². The van der Waals surface area contributed by atoms with Crippen LogP contribution in [0.4, 0.5) is 4.39 Å². The molecule has 0 atom stereocenters. The first-order valence-corrected chi connectivity index (χ1v) is 8.16. The molecule has 0 saturated carbocycles. The predicted molar refractivity (Wildman–Crippen MR) is 96.7 cm³/mol. The van der Waals surface area contributed by atoms with Gasteiger partial charge in [0.05, 0.1) is 24.1 Å². The first kappa shape index (κ1) is 16.6. The van der Waals surface area contributed by atoms with Gasteiger partial charge in [-0.1, -0.05) is 29.5 Å².